The average Bonchev–Trinajstić information content (AvgIpc) is 3.32. The van der Waals surface area contributed by atoms with Gasteiger partial charge in [0.25, 0.3) is 0 Å². The molecule has 0 aliphatic carbocycles. The first-order valence-corrected chi connectivity index (χ1v) is 7.66. The Kier molecular flexibility index (Phi) is 3.88. The summed E-state index contributed by atoms with van der Waals surface area (Å²) in [4.78, 5) is 18.3. The third kappa shape index (κ3) is 3.20. The van der Waals surface area contributed by atoms with Gasteiger partial charge in [-0.2, -0.15) is 6.08 Å². The van der Waals surface area contributed by atoms with Crippen LogP contribution in [0, 0.1) is 6.08 Å². The number of hydrogen-bond acceptors (Lipinski definition) is 4. The second-order valence-corrected chi connectivity index (χ2v) is 5.67. The van der Waals surface area contributed by atoms with E-state index in [9.17, 15) is 0 Å². The number of hydrogen-bond donors (Lipinski definition) is 0. The summed E-state index contributed by atoms with van der Waals surface area (Å²) in [6, 6.07) is 0. The van der Waals surface area contributed by atoms with Gasteiger partial charge in [-0.3, -0.25) is 9.98 Å². The summed E-state index contributed by atoms with van der Waals surface area (Å²) < 4.78 is 0. The second-order valence-electron chi connectivity index (χ2n) is 5.67. The Morgan fingerprint density at radius 2 is 1.00 bits per heavy atom. The Hall–Kier alpha value is -2.88. The molecule has 0 aromatic rings. The average molecular weight is 362 g/mol. The first-order valence-electron chi connectivity index (χ1n) is 7.66. The zero-order valence-electron chi connectivity index (χ0n) is 13.0. The summed E-state index contributed by atoms with van der Waals surface area (Å²) in [5.41, 5.74) is 6.88. The van der Waals surface area contributed by atoms with Crippen molar-refractivity contribution in [2.45, 2.75) is 0 Å². The normalized spacial score (nSPS) is 21.8. The topological polar surface area (TPSA) is 49.4 Å². The molecule has 5 rings (SSSR count). The van der Waals surface area contributed by atoms with E-state index in [4.69, 9.17) is 0 Å². The van der Waals surface area contributed by atoms with Gasteiger partial charge in [-0.25, -0.2) is 4.99 Å². The molecule has 0 unspecified atom stereocenters. The Morgan fingerprint density at radius 1 is 0.520 bits per heavy atom. The van der Waals surface area contributed by atoms with Crippen molar-refractivity contribution in [1.82, 2.24) is 0 Å². The second kappa shape index (κ2) is 6.20. The molecule has 8 bridgehead atoms. The molecule has 0 saturated heterocycles. The molecule has 0 N–H and O–H groups in total. The quantitative estimate of drug-likeness (QED) is 0.469. The Morgan fingerprint density at radius 3 is 1.56 bits per heavy atom. The molecular formula is C20H11MnN4-. The summed E-state index contributed by atoms with van der Waals surface area (Å²) in [5, 5.41) is 0. The van der Waals surface area contributed by atoms with Crippen LogP contribution in [0.5, 0.6) is 0 Å². The molecule has 0 aromatic carbocycles. The Bertz CT molecular complexity index is 848. The molecule has 5 aliphatic rings. The van der Waals surface area contributed by atoms with E-state index in [1.165, 1.54) is 0 Å². The smallest absolute Gasteiger partial charge is 0.0659 e. The standard InChI is InChI=1S/C20H11N4.Mn/c1-2-14-10-16-5-6-18(23-16)12-20-8-7-19(24-20)11-17-4-3-15(22-17)9-13(1)21-14;/h1-7,9-12H;/q-1;. The van der Waals surface area contributed by atoms with E-state index < -0.39 is 0 Å². The van der Waals surface area contributed by atoms with Crippen molar-refractivity contribution >= 4 is 22.8 Å². The van der Waals surface area contributed by atoms with Crippen molar-refractivity contribution in [3.05, 3.63) is 95.7 Å². The van der Waals surface area contributed by atoms with Crippen molar-refractivity contribution in [3.8, 4) is 0 Å². The van der Waals surface area contributed by atoms with Crippen molar-refractivity contribution in [3.63, 3.8) is 0 Å². The van der Waals surface area contributed by atoms with Crippen LogP contribution in [0.3, 0.4) is 0 Å². The van der Waals surface area contributed by atoms with Crippen molar-refractivity contribution in [1.29, 1.82) is 0 Å². The molecule has 5 heterocycles. The van der Waals surface area contributed by atoms with E-state index in [1.54, 1.807) is 0 Å². The zero-order chi connectivity index (χ0) is 15.9. The van der Waals surface area contributed by atoms with E-state index in [0.717, 1.165) is 45.6 Å². The van der Waals surface area contributed by atoms with Crippen molar-refractivity contribution in [2.24, 2.45) is 20.0 Å². The summed E-state index contributed by atoms with van der Waals surface area (Å²) in [6.45, 7) is 0. The molecule has 1 radical (unpaired) electrons. The molecule has 0 atom stereocenters. The van der Waals surface area contributed by atoms with Gasteiger partial charge in [-0.15, -0.1) is 12.2 Å². The molecule has 0 aromatic heterocycles. The molecule has 0 fully saturated rings. The molecule has 0 spiro atoms. The third-order valence-corrected chi connectivity index (χ3v) is 3.84. The molecule has 119 valence electrons. The summed E-state index contributed by atoms with van der Waals surface area (Å²) in [5.74, 6) is 0. The maximum atomic E-state index is 4.59. The van der Waals surface area contributed by atoms with Crippen molar-refractivity contribution in [2.75, 3.05) is 0 Å². The van der Waals surface area contributed by atoms with Gasteiger partial charge in [-0.05, 0) is 54.3 Å². The molecule has 5 aliphatic heterocycles. The van der Waals surface area contributed by atoms with E-state index in [0.29, 0.717) is 0 Å². The van der Waals surface area contributed by atoms with E-state index in [1.807, 2.05) is 66.8 Å². The molecule has 5 heteroatoms. The first kappa shape index (κ1) is 15.6. The summed E-state index contributed by atoms with van der Waals surface area (Å²) in [6.07, 6.45) is 24.7. The van der Waals surface area contributed by atoms with Gasteiger partial charge >= 0.3 is 0 Å². The van der Waals surface area contributed by atoms with Crippen LogP contribution < -0.4 is 0 Å². The largest absolute Gasteiger partial charge is 0.339 e. The minimum atomic E-state index is 0. The van der Waals surface area contributed by atoms with Gasteiger partial charge in [0.2, 0.25) is 0 Å². The Labute approximate surface area is 155 Å². The van der Waals surface area contributed by atoms with Gasteiger partial charge in [0, 0.05) is 22.8 Å². The predicted octanol–water partition coefficient (Wildman–Crippen LogP) is 3.38. The molecule has 25 heavy (non-hydrogen) atoms. The number of fused-ring (bicyclic) bond motifs is 4. The summed E-state index contributed by atoms with van der Waals surface area (Å²) >= 11 is 0. The third-order valence-electron chi connectivity index (χ3n) is 3.84. The fraction of sp³-hybridized carbons (Fsp3) is 0. The molecule has 0 amide bonds. The van der Waals surface area contributed by atoms with Crippen LogP contribution in [0.1, 0.15) is 0 Å². The number of nitrogens with zero attached hydrogens (tertiary/aromatic N) is 4. The molecule has 0 saturated carbocycles. The van der Waals surface area contributed by atoms with E-state index in [2.05, 4.69) is 26.0 Å². The van der Waals surface area contributed by atoms with Gasteiger partial charge in [0.15, 0.2) is 0 Å². The minimum Gasteiger partial charge on any atom is -0.339 e. The number of rotatable bonds is 0. The summed E-state index contributed by atoms with van der Waals surface area (Å²) in [7, 11) is 0. The first-order chi connectivity index (χ1) is 11.8. The monoisotopic (exact) mass is 362 g/mol. The van der Waals surface area contributed by atoms with Gasteiger partial charge < -0.3 is 4.99 Å². The number of allylic oxidation sites excluding steroid dienone is 12. The van der Waals surface area contributed by atoms with Crippen LogP contribution in [0.2, 0.25) is 0 Å². The Balaban J connectivity index is 0.00000157. The minimum absolute atomic E-state index is 0. The van der Waals surface area contributed by atoms with Gasteiger partial charge in [0.05, 0.1) is 28.5 Å². The van der Waals surface area contributed by atoms with E-state index in [-0.39, 0.29) is 17.1 Å². The maximum Gasteiger partial charge on any atom is 0.0659 e. The fourth-order valence-corrected chi connectivity index (χ4v) is 2.76. The maximum absolute atomic E-state index is 4.59. The van der Waals surface area contributed by atoms with Crippen LogP contribution >= 0.6 is 0 Å². The predicted molar refractivity (Wildman–Crippen MR) is 97.3 cm³/mol. The van der Waals surface area contributed by atoms with Crippen LogP contribution in [0.4, 0.5) is 0 Å². The van der Waals surface area contributed by atoms with Crippen LogP contribution in [0.25, 0.3) is 0 Å². The zero-order valence-corrected chi connectivity index (χ0v) is 14.2. The molecular weight excluding hydrogens is 351 g/mol. The van der Waals surface area contributed by atoms with E-state index >= 15 is 0 Å². The van der Waals surface area contributed by atoms with Gasteiger partial charge in [-0.1, -0.05) is 11.8 Å². The van der Waals surface area contributed by atoms with Crippen LogP contribution in [-0.2, 0) is 17.1 Å². The fourth-order valence-electron chi connectivity index (χ4n) is 2.76. The molecule has 4 nitrogen and oxygen atoms in total. The van der Waals surface area contributed by atoms with Crippen LogP contribution in [0.15, 0.2) is 110 Å². The van der Waals surface area contributed by atoms with Gasteiger partial charge in [0.1, 0.15) is 0 Å². The number of aliphatic imine (C=N–C) groups is 4. The van der Waals surface area contributed by atoms with Crippen molar-refractivity contribution < 1.29 is 17.1 Å². The van der Waals surface area contributed by atoms with Crippen LogP contribution in [-0.4, -0.2) is 22.8 Å². The SMILES string of the molecule is [C-]1=CC2=NC1=CC1=NC(=CC3=NC(=CC4=NC(=C2)C=C4)C=C3)C=C1.[Mn].